The molecule has 17 heavy (non-hydrogen) atoms. The van der Waals surface area contributed by atoms with E-state index in [2.05, 4.69) is 0 Å². The Morgan fingerprint density at radius 3 is 2.47 bits per heavy atom. The molecular weight excluding hydrogens is 216 g/mol. The SMILES string of the molecule is [O]Cc1cccc(OC(=O)c2ccccc2)c1. The highest BCUT2D eigenvalue weighted by atomic mass is 16.5. The first-order valence-corrected chi connectivity index (χ1v) is 5.24. The molecule has 0 aliphatic carbocycles. The fourth-order valence-electron chi connectivity index (χ4n) is 1.44. The van der Waals surface area contributed by atoms with E-state index in [1.165, 1.54) is 0 Å². The van der Waals surface area contributed by atoms with Gasteiger partial charge in [-0.2, -0.15) is 0 Å². The van der Waals surface area contributed by atoms with Crippen LogP contribution >= 0.6 is 0 Å². The van der Waals surface area contributed by atoms with Gasteiger partial charge in [-0.25, -0.2) is 9.90 Å². The number of carbonyl (C=O) groups is 1. The number of hydrogen-bond donors (Lipinski definition) is 0. The van der Waals surface area contributed by atoms with Crippen LogP contribution in [0, 0.1) is 0 Å². The van der Waals surface area contributed by atoms with Gasteiger partial charge in [-0.1, -0.05) is 30.3 Å². The molecule has 0 saturated carbocycles. The van der Waals surface area contributed by atoms with E-state index in [9.17, 15) is 9.90 Å². The monoisotopic (exact) mass is 227 g/mol. The second-order valence-electron chi connectivity index (χ2n) is 3.55. The van der Waals surface area contributed by atoms with E-state index in [0.717, 1.165) is 0 Å². The molecule has 0 aliphatic rings. The zero-order valence-electron chi connectivity index (χ0n) is 9.13. The molecular formula is C14H11O3. The normalized spacial score (nSPS) is 9.94. The van der Waals surface area contributed by atoms with Crippen molar-refractivity contribution in [1.29, 1.82) is 0 Å². The molecule has 2 rings (SSSR count). The Bertz CT molecular complexity index is 506. The lowest BCUT2D eigenvalue weighted by molar-refractivity contribution is 0.0734. The van der Waals surface area contributed by atoms with Gasteiger partial charge in [0.2, 0.25) is 0 Å². The van der Waals surface area contributed by atoms with E-state index in [1.54, 1.807) is 48.5 Å². The summed E-state index contributed by atoms with van der Waals surface area (Å²) in [6, 6.07) is 15.4. The zero-order chi connectivity index (χ0) is 12.1. The van der Waals surface area contributed by atoms with E-state index < -0.39 is 5.97 Å². The maximum absolute atomic E-state index is 11.7. The Morgan fingerprint density at radius 1 is 1.00 bits per heavy atom. The largest absolute Gasteiger partial charge is 0.423 e. The molecule has 2 aromatic rings. The maximum Gasteiger partial charge on any atom is 0.343 e. The minimum absolute atomic E-state index is 0.323. The Kier molecular flexibility index (Phi) is 3.52. The van der Waals surface area contributed by atoms with Crippen molar-refractivity contribution in [3.63, 3.8) is 0 Å². The van der Waals surface area contributed by atoms with Gasteiger partial charge in [-0.3, -0.25) is 0 Å². The minimum atomic E-state index is -0.423. The summed E-state index contributed by atoms with van der Waals surface area (Å²) in [5.41, 5.74) is 1.09. The summed E-state index contributed by atoms with van der Waals surface area (Å²) in [6.07, 6.45) is 0. The van der Waals surface area contributed by atoms with Crippen LogP contribution in [0.2, 0.25) is 0 Å². The van der Waals surface area contributed by atoms with Crippen molar-refractivity contribution in [1.82, 2.24) is 0 Å². The zero-order valence-corrected chi connectivity index (χ0v) is 9.13. The van der Waals surface area contributed by atoms with Crippen molar-refractivity contribution < 1.29 is 14.6 Å². The molecule has 0 saturated heterocycles. The average molecular weight is 227 g/mol. The number of rotatable bonds is 3. The smallest absolute Gasteiger partial charge is 0.343 e. The summed E-state index contributed by atoms with van der Waals surface area (Å²) in [5, 5.41) is 10.7. The van der Waals surface area contributed by atoms with Gasteiger partial charge < -0.3 is 4.74 Å². The highest BCUT2D eigenvalue weighted by molar-refractivity contribution is 5.90. The topological polar surface area (TPSA) is 46.2 Å². The maximum atomic E-state index is 11.7. The standard InChI is InChI=1S/C14H11O3/c15-10-11-5-4-8-13(9-11)17-14(16)12-6-2-1-3-7-12/h1-9H,10H2. The average Bonchev–Trinajstić information content (AvgIpc) is 2.40. The van der Waals surface area contributed by atoms with Gasteiger partial charge in [-0.05, 0) is 29.8 Å². The van der Waals surface area contributed by atoms with Crippen LogP contribution in [0.4, 0.5) is 0 Å². The molecule has 1 radical (unpaired) electrons. The first-order valence-electron chi connectivity index (χ1n) is 5.24. The van der Waals surface area contributed by atoms with Crippen molar-refractivity contribution in [2.45, 2.75) is 6.61 Å². The minimum Gasteiger partial charge on any atom is -0.423 e. The van der Waals surface area contributed by atoms with Crippen LogP contribution in [-0.2, 0) is 11.7 Å². The second-order valence-corrected chi connectivity index (χ2v) is 3.55. The van der Waals surface area contributed by atoms with Crippen LogP contribution in [0.3, 0.4) is 0 Å². The van der Waals surface area contributed by atoms with Gasteiger partial charge in [0.15, 0.2) is 0 Å². The number of ether oxygens (including phenoxy) is 1. The highest BCUT2D eigenvalue weighted by Gasteiger charge is 2.07. The molecule has 0 aromatic heterocycles. The summed E-state index contributed by atoms with van der Waals surface area (Å²) in [5.74, 6) is -0.0270. The predicted octanol–water partition coefficient (Wildman–Crippen LogP) is 2.84. The summed E-state index contributed by atoms with van der Waals surface area (Å²) < 4.78 is 5.17. The molecule has 0 spiro atoms. The third-order valence-corrected chi connectivity index (χ3v) is 2.29. The molecule has 0 amide bonds. The first-order chi connectivity index (χ1) is 8.29. The lowest BCUT2D eigenvalue weighted by atomic mass is 10.2. The van der Waals surface area contributed by atoms with Crippen LogP contribution in [0.15, 0.2) is 54.6 Å². The van der Waals surface area contributed by atoms with Crippen LogP contribution in [0.5, 0.6) is 5.75 Å². The summed E-state index contributed by atoms with van der Waals surface area (Å²) >= 11 is 0. The number of benzene rings is 2. The van der Waals surface area contributed by atoms with E-state index in [4.69, 9.17) is 4.74 Å². The van der Waals surface area contributed by atoms with Crippen molar-refractivity contribution in [3.05, 3.63) is 65.7 Å². The van der Waals surface area contributed by atoms with E-state index in [1.807, 2.05) is 6.07 Å². The second kappa shape index (κ2) is 5.27. The third kappa shape index (κ3) is 2.92. The molecule has 85 valence electrons. The first kappa shape index (κ1) is 11.4. The lowest BCUT2D eigenvalue weighted by Crippen LogP contribution is -2.08. The van der Waals surface area contributed by atoms with Gasteiger partial charge in [-0.15, -0.1) is 0 Å². The fourth-order valence-corrected chi connectivity index (χ4v) is 1.44. The third-order valence-electron chi connectivity index (χ3n) is 2.29. The van der Waals surface area contributed by atoms with E-state index in [-0.39, 0.29) is 6.61 Å². The number of hydrogen-bond acceptors (Lipinski definition) is 2. The Hall–Kier alpha value is -2.13. The van der Waals surface area contributed by atoms with Gasteiger partial charge in [0, 0.05) is 0 Å². The van der Waals surface area contributed by atoms with Gasteiger partial charge in [0.1, 0.15) is 12.4 Å². The number of esters is 1. The molecule has 0 bridgehead atoms. The van der Waals surface area contributed by atoms with Crippen LogP contribution < -0.4 is 4.74 Å². The van der Waals surface area contributed by atoms with Gasteiger partial charge >= 0.3 is 5.97 Å². The van der Waals surface area contributed by atoms with Gasteiger partial charge in [0.25, 0.3) is 0 Å². The van der Waals surface area contributed by atoms with Crippen LogP contribution in [0.25, 0.3) is 0 Å². The predicted molar refractivity (Wildman–Crippen MR) is 62.2 cm³/mol. The Balaban J connectivity index is 2.13. The van der Waals surface area contributed by atoms with Crippen molar-refractivity contribution in [3.8, 4) is 5.75 Å². The molecule has 3 heteroatoms. The molecule has 2 aromatic carbocycles. The van der Waals surface area contributed by atoms with Crippen molar-refractivity contribution in [2.24, 2.45) is 0 Å². The summed E-state index contributed by atoms with van der Waals surface area (Å²) in [6.45, 7) is -0.323. The molecule has 3 nitrogen and oxygen atoms in total. The van der Waals surface area contributed by atoms with E-state index >= 15 is 0 Å². The molecule has 0 fully saturated rings. The summed E-state index contributed by atoms with van der Waals surface area (Å²) in [4.78, 5) is 11.7. The lowest BCUT2D eigenvalue weighted by Gasteiger charge is -2.04. The van der Waals surface area contributed by atoms with Crippen molar-refractivity contribution in [2.75, 3.05) is 0 Å². The molecule has 0 unspecified atom stereocenters. The molecule has 0 heterocycles. The fraction of sp³-hybridized carbons (Fsp3) is 0.0714. The van der Waals surface area contributed by atoms with E-state index in [0.29, 0.717) is 16.9 Å². The molecule has 0 aliphatic heterocycles. The molecule has 0 atom stereocenters. The number of carbonyl (C=O) groups excluding carboxylic acids is 1. The summed E-state index contributed by atoms with van der Waals surface area (Å²) in [7, 11) is 0. The van der Waals surface area contributed by atoms with Gasteiger partial charge in [0.05, 0.1) is 5.56 Å². The molecule has 0 N–H and O–H groups in total. The van der Waals surface area contributed by atoms with Crippen LogP contribution in [0.1, 0.15) is 15.9 Å². The Labute approximate surface area is 99.3 Å². The van der Waals surface area contributed by atoms with Crippen LogP contribution in [-0.4, -0.2) is 5.97 Å². The Morgan fingerprint density at radius 2 is 1.76 bits per heavy atom. The van der Waals surface area contributed by atoms with Crippen molar-refractivity contribution >= 4 is 5.97 Å². The quantitative estimate of drug-likeness (QED) is 0.598. The highest BCUT2D eigenvalue weighted by Crippen LogP contribution is 2.15.